The molecule has 14 nitrogen and oxygen atoms in total. The van der Waals surface area contributed by atoms with Crippen LogP contribution in [0.15, 0.2) is 103 Å². The molecule has 6 aromatic rings. The summed E-state index contributed by atoms with van der Waals surface area (Å²) in [5, 5.41) is 7.67. The van der Waals surface area contributed by atoms with E-state index in [9.17, 15) is 19.2 Å². The van der Waals surface area contributed by atoms with Gasteiger partial charge < -0.3 is 39.9 Å². The van der Waals surface area contributed by atoms with E-state index in [4.69, 9.17) is 19.4 Å². The number of likely N-dealkylation sites (tertiary alicyclic amines) is 2. The summed E-state index contributed by atoms with van der Waals surface area (Å²) >= 11 is 0. The Labute approximate surface area is 365 Å². The Bertz CT molecular complexity index is 2640. The lowest BCUT2D eigenvalue weighted by atomic mass is 9.96. The smallest absolute Gasteiger partial charge is 0.407 e. The second-order valence-electron chi connectivity index (χ2n) is 17.2. The number of carbonyl (C=O) groups is 4. The van der Waals surface area contributed by atoms with Gasteiger partial charge in [-0.25, -0.2) is 19.6 Å². The first-order valence-corrected chi connectivity index (χ1v) is 21.7. The molecule has 1 aliphatic carbocycles. The largest absolute Gasteiger partial charge is 0.453 e. The summed E-state index contributed by atoms with van der Waals surface area (Å²) in [6.45, 7) is 4.40. The molecule has 4 N–H and O–H groups in total. The molecular weight excluding hydrogens is 797 g/mol. The number of amides is 4. The highest BCUT2D eigenvalue weighted by molar-refractivity contribution is 5.91. The van der Waals surface area contributed by atoms with E-state index in [0.29, 0.717) is 12.1 Å². The molecule has 0 spiro atoms. The van der Waals surface area contributed by atoms with Crippen molar-refractivity contribution in [2.45, 2.75) is 76.2 Å². The summed E-state index contributed by atoms with van der Waals surface area (Å²) in [4.78, 5) is 72.7. The van der Waals surface area contributed by atoms with Gasteiger partial charge in [-0.2, -0.15) is 0 Å². The predicted molar refractivity (Wildman–Crippen MR) is 238 cm³/mol. The molecule has 6 atom stereocenters. The molecule has 1 unspecified atom stereocenters. The summed E-state index contributed by atoms with van der Waals surface area (Å²) in [5.74, 6) is 1.34. The highest BCUT2D eigenvalue weighted by atomic mass is 16.5. The van der Waals surface area contributed by atoms with Crippen LogP contribution in [-0.4, -0.2) is 86.6 Å². The number of H-pyrrole nitrogens is 2. The van der Waals surface area contributed by atoms with E-state index in [2.05, 4.69) is 81.3 Å². The highest BCUT2D eigenvalue weighted by Crippen LogP contribution is 2.50. The van der Waals surface area contributed by atoms with E-state index in [-0.39, 0.29) is 41.8 Å². The van der Waals surface area contributed by atoms with E-state index in [1.165, 1.54) is 14.2 Å². The summed E-state index contributed by atoms with van der Waals surface area (Å²) < 4.78 is 9.67. The number of rotatable bonds is 11. The van der Waals surface area contributed by atoms with E-state index >= 15 is 0 Å². The average Bonchev–Trinajstić information content (AvgIpc) is 4.18. The molecule has 324 valence electrons. The van der Waals surface area contributed by atoms with Crippen molar-refractivity contribution < 1.29 is 28.7 Å². The molecule has 2 saturated heterocycles. The molecule has 14 heteroatoms. The van der Waals surface area contributed by atoms with Gasteiger partial charge in [0, 0.05) is 18.2 Å². The van der Waals surface area contributed by atoms with Crippen LogP contribution in [0, 0.1) is 11.8 Å². The third kappa shape index (κ3) is 8.13. The summed E-state index contributed by atoms with van der Waals surface area (Å²) in [6.07, 6.45) is 6.85. The van der Waals surface area contributed by atoms with Crippen LogP contribution in [0.1, 0.15) is 81.3 Å². The fourth-order valence-corrected chi connectivity index (χ4v) is 9.83. The minimum absolute atomic E-state index is 0.0762. The maximum Gasteiger partial charge on any atom is 0.407 e. The van der Waals surface area contributed by atoms with Crippen LogP contribution in [0.5, 0.6) is 0 Å². The first kappa shape index (κ1) is 41.4. The monoisotopic (exact) mass is 848 g/mol. The maximum atomic E-state index is 14.3. The molecule has 4 heterocycles. The fraction of sp³-hybridized carbons (Fsp3) is 0.347. The van der Waals surface area contributed by atoms with Crippen molar-refractivity contribution in [3.63, 3.8) is 0 Å². The van der Waals surface area contributed by atoms with Crippen molar-refractivity contribution >= 4 is 34.8 Å². The Morgan fingerprint density at radius 3 is 2.03 bits per heavy atom. The zero-order valence-electron chi connectivity index (χ0n) is 35.8. The lowest BCUT2D eigenvalue weighted by Gasteiger charge is -2.36. The van der Waals surface area contributed by atoms with Gasteiger partial charge in [0.2, 0.25) is 5.91 Å². The van der Waals surface area contributed by atoms with Crippen LogP contribution in [0.2, 0.25) is 0 Å². The number of methoxy groups -OCH3 is 2. The van der Waals surface area contributed by atoms with E-state index < -0.39 is 24.3 Å². The number of fused-ring (bicyclic) bond motifs is 3. The van der Waals surface area contributed by atoms with Gasteiger partial charge in [-0.3, -0.25) is 9.59 Å². The van der Waals surface area contributed by atoms with Gasteiger partial charge in [0.15, 0.2) is 0 Å². The SMILES string of the molecule is COC(=O)N[C@H](C(=O)N1CCCC1c1ncc(-c2ccc3cc(-c4ccc(-c5cnc([C@@H]6[C@H]7CC[C@H](C7)N6C(=O)[C@H](NC(=O)OC)c6ccccc6)[nH]5)cc4)ccc3c2)[nH]1)C(C)C. The molecule has 63 heavy (non-hydrogen) atoms. The minimum atomic E-state index is -0.874. The Kier molecular flexibility index (Phi) is 11.5. The van der Waals surface area contributed by atoms with Crippen molar-refractivity contribution in [2.24, 2.45) is 11.8 Å². The second-order valence-corrected chi connectivity index (χ2v) is 17.2. The second kappa shape index (κ2) is 17.4. The molecule has 2 aromatic heterocycles. The number of nitrogens with zero attached hydrogens (tertiary/aromatic N) is 4. The molecule has 4 amide bonds. The van der Waals surface area contributed by atoms with Gasteiger partial charge in [-0.1, -0.05) is 92.7 Å². The number of alkyl carbamates (subject to hydrolysis) is 2. The van der Waals surface area contributed by atoms with Crippen LogP contribution >= 0.6 is 0 Å². The summed E-state index contributed by atoms with van der Waals surface area (Å²) in [5.41, 5.74) is 6.59. The van der Waals surface area contributed by atoms with Gasteiger partial charge in [0.1, 0.15) is 23.7 Å². The van der Waals surface area contributed by atoms with Crippen molar-refractivity contribution in [2.75, 3.05) is 20.8 Å². The van der Waals surface area contributed by atoms with Crippen molar-refractivity contribution in [3.05, 3.63) is 121 Å². The predicted octanol–water partition coefficient (Wildman–Crippen LogP) is 8.48. The van der Waals surface area contributed by atoms with Gasteiger partial charge in [0.25, 0.3) is 5.91 Å². The molecule has 1 saturated carbocycles. The summed E-state index contributed by atoms with van der Waals surface area (Å²) in [7, 11) is 2.59. The number of piperidine rings is 1. The maximum absolute atomic E-state index is 14.3. The number of aromatic amines is 2. The molecular formula is C49H52N8O6. The van der Waals surface area contributed by atoms with Gasteiger partial charge in [0.05, 0.1) is 50.1 Å². The first-order chi connectivity index (χ1) is 30.6. The molecule has 3 aliphatic rings. The Morgan fingerprint density at radius 2 is 1.32 bits per heavy atom. The van der Waals surface area contributed by atoms with E-state index in [1.807, 2.05) is 66.4 Å². The molecule has 4 aromatic carbocycles. The Balaban J connectivity index is 0.889. The van der Waals surface area contributed by atoms with E-state index in [1.54, 1.807) is 0 Å². The first-order valence-electron chi connectivity index (χ1n) is 21.7. The Morgan fingerprint density at radius 1 is 0.698 bits per heavy atom. The van der Waals surface area contributed by atoms with Gasteiger partial charge >= 0.3 is 12.2 Å². The number of imidazole rings is 2. The van der Waals surface area contributed by atoms with Gasteiger partial charge in [-0.15, -0.1) is 0 Å². The zero-order valence-corrected chi connectivity index (χ0v) is 35.8. The van der Waals surface area contributed by atoms with Gasteiger partial charge in [-0.05, 0) is 89.1 Å². The van der Waals surface area contributed by atoms with Crippen LogP contribution in [0.25, 0.3) is 44.4 Å². The van der Waals surface area contributed by atoms with Crippen molar-refractivity contribution in [1.29, 1.82) is 0 Å². The molecule has 3 fully saturated rings. The van der Waals surface area contributed by atoms with Crippen LogP contribution in [0.3, 0.4) is 0 Å². The fourth-order valence-electron chi connectivity index (χ4n) is 9.83. The van der Waals surface area contributed by atoms with Crippen LogP contribution in [0.4, 0.5) is 9.59 Å². The molecule has 2 bridgehead atoms. The number of aromatic nitrogens is 4. The zero-order chi connectivity index (χ0) is 43.8. The third-order valence-electron chi connectivity index (χ3n) is 13.1. The molecule has 9 rings (SSSR count). The number of nitrogens with one attached hydrogen (secondary N) is 4. The standard InChI is InChI=1S/C49H52N8O6/c1-28(2)41(54-48(60)62-3)46(58)56-22-8-11-40(56)44-50-27-39(52-44)35-19-18-33-23-32(16-17-34(33)24-35)29-12-14-30(15-13-29)38-26-51-45(53-38)43-36-20-21-37(25-36)57(43)47(59)42(55-49(61)63-4)31-9-6-5-7-10-31/h5-7,9-10,12-19,23-24,26-28,36-37,40-43H,8,11,20-22,25H2,1-4H3,(H,50,52)(H,51,53)(H,54,60)(H,55,61)/t36-,37+,40?,41-,42+,43-/m0/s1. The number of carbonyl (C=O) groups excluding carboxylic acids is 4. The number of hydrogen-bond acceptors (Lipinski definition) is 8. The lowest BCUT2D eigenvalue weighted by molar-refractivity contribution is -0.138. The topological polar surface area (TPSA) is 175 Å². The number of benzene rings is 4. The third-order valence-corrected chi connectivity index (χ3v) is 13.1. The average molecular weight is 849 g/mol. The molecule has 0 radical (unpaired) electrons. The molecule has 2 aliphatic heterocycles. The normalized spacial score (nSPS) is 20.2. The van der Waals surface area contributed by atoms with Crippen molar-refractivity contribution in [1.82, 2.24) is 40.4 Å². The Hall–Kier alpha value is -6.96. The number of ether oxygens (including phenoxy) is 2. The minimum Gasteiger partial charge on any atom is -0.453 e. The van der Waals surface area contributed by atoms with E-state index in [0.717, 1.165) is 88.2 Å². The van der Waals surface area contributed by atoms with Crippen LogP contribution < -0.4 is 10.6 Å². The highest BCUT2D eigenvalue weighted by Gasteiger charge is 2.51. The quantitative estimate of drug-likeness (QED) is 0.100. The van der Waals surface area contributed by atoms with Crippen molar-refractivity contribution in [3.8, 4) is 33.6 Å². The summed E-state index contributed by atoms with van der Waals surface area (Å²) in [6, 6.07) is 28.5. The lowest BCUT2D eigenvalue weighted by Crippen LogP contribution is -2.51. The van der Waals surface area contributed by atoms with Crippen LogP contribution in [-0.2, 0) is 19.1 Å². The number of hydrogen-bond donors (Lipinski definition) is 4.